The summed E-state index contributed by atoms with van der Waals surface area (Å²) in [6.07, 6.45) is 0. The summed E-state index contributed by atoms with van der Waals surface area (Å²) in [6.45, 7) is 0.494. The van der Waals surface area contributed by atoms with Crippen LogP contribution in [0.2, 0.25) is 0 Å². The van der Waals surface area contributed by atoms with Crippen LogP contribution in [0.3, 0.4) is 0 Å². The van der Waals surface area contributed by atoms with E-state index in [1.165, 1.54) is 0 Å². The molecule has 5 heteroatoms. The van der Waals surface area contributed by atoms with Crippen LogP contribution in [-0.4, -0.2) is 6.03 Å². The van der Waals surface area contributed by atoms with E-state index < -0.39 is 6.03 Å². The van der Waals surface area contributed by atoms with E-state index in [9.17, 15) is 4.79 Å². The number of nitrogens with two attached hydrogens (primary N) is 1. The maximum atomic E-state index is 10.3. The zero-order valence-electron chi connectivity index (χ0n) is 5.63. The highest BCUT2D eigenvalue weighted by Gasteiger charge is 2.00. The normalized spacial score (nSPS) is 9.55. The minimum Gasteiger partial charge on any atom is -0.352 e. The summed E-state index contributed by atoms with van der Waals surface area (Å²) in [7, 11) is 0. The average molecular weight is 235 g/mol. The summed E-state index contributed by atoms with van der Waals surface area (Å²) in [5.74, 6) is 0. The van der Waals surface area contributed by atoms with Crippen molar-refractivity contribution in [3.8, 4) is 0 Å². The fourth-order valence-corrected chi connectivity index (χ4v) is 2.05. The Hall–Kier alpha value is -0.550. The van der Waals surface area contributed by atoms with Crippen molar-refractivity contribution in [3.05, 3.63) is 20.8 Å². The molecule has 0 saturated heterocycles. The summed E-state index contributed by atoms with van der Waals surface area (Å²) in [6, 6.07) is 1.44. The molecule has 0 fully saturated rings. The molecule has 1 heterocycles. The van der Waals surface area contributed by atoms with Gasteiger partial charge in [0, 0.05) is 9.35 Å². The fraction of sp³-hybridized carbons (Fsp3) is 0.167. The van der Waals surface area contributed by atoms with Crippen LogP contribution in [0.5, 0.6) is 0 Å². The number of thiophene rings is 1. The first-order chi connectivity index (χ1) is 5.20. The Morgan fingerprint density at radius 1 is 1.82 bits per heavy atom. The van der Waals surface area contributed by atoms with E-state index in [4.69, 9.17) is 5.73 Å². The quantitative estimate of drug-likeness (QED) is 0.804. The molecule has 0 spiro atoms. The second-order valence-corrected chi connectivity index (χ2v) is 3.76. The number of hydrogen-bond donors (Lipinski definition) is 2. The lowest BCUT2D eigenvalue weighted by molar-refractivity contribution is 0.248. The molecule has 3 nitrogen and oxygen atoms in total. The fourth-order valence-electron chi connectivity index (χ4n) is 0.619. The van der Waals surface area contributed by atoms with Crippen LogP contribution >= 0.6 is 27.3 Å². The van der Waals surface area contributed by atoms with Gasteiger partial charge in [-0.05, 0) is 27.4 Å². The molecule has 60 valence electrons. The van der Waals surface area contributed by atoms with E-state index in [1.807, 2.05) is 11.4 Å². The van der Waals surface area contributed by atoms with Gasteiger partial charge < -0.3 is 11.1 Å². The van der Waals surface area contributed by atoms with Crippen LogP contribution in [-0.2, 0) is 6.54 Å². The highest BCUT2D eigenvalue weighted by Crippen LogP contribution is 2.21. The zero-order valence-corrected chi connectivity index (χ0v) is 8.04. The maximum Gasteiger partial charge on any atom is 0.312 e. The molecule has 2 amide bonds. The topological polar surface area (TPSA) is 55.1 Å². The smallest absolute Gasteiger partial charge is 0.312 e. The summed E-state index contributed by atoms with van der Waals surface area (Å²) in [5.41, 5.74) is 4.90. The number of carbonyl (C=O) groups is 1. The molecule has 1 rings (SSSR count). The van der Waals surface area contributed by atoms with Crippen LogP contribution in [0.15, 0.2) is 15.9 Å². The van der Waals surface area contributed by atoms with Crippen LogP contribution in [0.4, 0.5) is 4.79 Å². The third-order valence-electron chi connectivity index (χ3n) is 1.11. The van der Waals surface area contributed by atoms with Crippen molar-refractivity contribution in [1.29, 1.82) is 0 Å². The van der Waals surface area contributed by atoms with E-state index in [2.05, 4.69) is 21.2 Å². The standard InChI is InChI=1S/C6H7BrN2OS/c7-4-1-2-11-5(4)3-9-6(8)10/h1-2H,3H2,(H3,8,9,10). The van der Waals surface area contributed by atoms with Crippen molar-refractivity contribution in [2.24, 2.45) is 5.73 Å². The minimum absolute atomic E-state index is 0.494. The number of rotatable bonds is 2. The summed E-state index contributed by atoms with van der Waals surface area (Å²) in [5, 5.41) is 4.45. The Bertz CT molecular complexity index is 261. The Labute approximate surface area is 76.7 Å². The first-order valence-electron chi connectivity index (χ1n) is 2.95. The first-order valence-corrected chi connectivity index (χ1v) is 4.62. The highest BCUT2D eigenvalue weighted by molar-refractivity contribution is 9.10. The number of hydrogen-bond acceptors (Lipinski definition) is 2. The second kappa shape index (κ2) is 3.73. The molecule has 0 bridgehead atoms. The number of amides is 2. The SMILES string of the molecule is NC(=O)NCc1sccc1Br. The number of halogens is 1. The van der Waals surface area contributed by atoms with Gasteiger partial charge in [-0.15, -0.1) is 11.3 Å². The molecule has 0 aromatic carbocycles. The van der Waals surface area contributed by atoms with Crippen molar-refractivity contribution in [1.82, 2.24) is 5.32 Å². The molecule has 1 aromatic rings. The molecule has 3 N–H and O–H groups in total. The number of urea groups is 1. The van der Waals surface area contributed by atoms with Crippen molar-refractivity contribution in [3.63, 3.8) is 0 Å². The third kappa shape index (κ3) is 2.51. The maximum absolute atomic E-state index is 10.3. The lowest BCUT2D eigenvalue weighted by Gasteiger charge is -1.98. The van der Waals surface area contributed by atoms with Gasteiger partial charge in [-0.1, -0.05) is 0 Å². The van der Waals surface area contributed by atoms with Gasteiger partial charge in [-0.25, -0.2) is 4.79 Å². The molecule has 0 aliphatic heterocycles. The van der Waals surface area contributed by atoms with Gasteiger partial charge >= 0.3 is 6.03 Å². The van der Waals surface area contributed by atoms with Gasteiger partial charge in [-0.3, -0.25) is 0 Å². The van der Waals surface area contributed by atoms with Crippen molar-refractivity contribution >= 4 is 33.3 Å². The zero-order chi connectivity index (χ0) is 8.27. The van der Waals surface area contributed by atoms with Crippen LogP contribution < -0.4 is 11.1 Å². The summed E-state index contributed by atoms with van der Waals surface area (Å²) >= 11 is 4.91. The average Bonchev–Trinajstić information content (AvgIpc) is 2.31. The van der Waals surface area contributed by atoms with Gasteiger partial charge in [-0.2, -0.15) is 0 Å². The largest absolute Gasteiger partial charge is 0.352 e. The Morgan fingerprint density at radius 3 is 3.00 bits per heavy atom. The highest BCUT2D eigenvalue weighted by atomic mass is 79.9. The van der Waals surface area contributed by atoms with Crippen molar-refractivity contribution in [2.75, 3.05) is 0 Å². The van der Waals surface area contributed by atoms with Crippen LogP contribution in [0.25, 0.3) is 0 Å². The van der Waals surface area contributed by atoms with E-state index >= 15 is 0 Å². The molecule has 0 aliphatic carbocycles. The van der Waals surface area contributed by atoms with Gasteiger partial charge in [0.25, 0.3) is 0 Å². The van der Waals surface area contributed by atoms with Gasteiger partial charge in [0.1, 0.15) is 0 Å². The first kappa shape index (κ1) is 8.55. The third-order valence-corrected chi connectivity index (χ3v) is 3.04. The predicted molar refractivity (Wildman–Crippen MR) is 48.4 cm³/mol. The van der Waals surface area contributed by atoms with Gasteiger partial charge in [0.05, 0.1) is 6.54 Å². The molecule has 0 atom stereocenters. The molecule has 11 heavy (non-hydrogen) atoms. The van der Waals surface area contributed by atoms with Crippen LogP contribution in [0, 0.1) is 0 Å². The number of nitrogens with one attached hydrogen (secondary N) is 1. The summed E-state index contributed by atoms with van der Waals surface area (Å²) in [4.78, 5) is 11.4. The van der Waals surface area contributed by atoms with Crippen molar-refractivity contribution in [2.45, 2.75) is 6.54 Å². The number of primary amides is 1. The Balaban J connectivity index is 2.51. The van der Waals surface area contributed by atoms with Gasteiger partial charge in [0.2, 0.25) is 0 Å². The predicted octanol–water partition coefficient (Wildman–Crippen LogP) is 1.68. The van der Waals surface area contributed by atoms with Gasteiger partial charge in [0.15, 0.2) is 0 Å². The second-order valence-electron chi connectivity index (χ2n) is 1.91. The lowest BCUT2D eigenvalue weighted by Crippen LogP contribution is -2.28. The van der Waals surface area contributed by atoms with Crippen molar-refractivity contribution < 1.29 is 4.79 Å². The molecule has 0 unspecified atom stereocenters. The lowest BCUT2D eigenvalue weighted by atomic mass is 10.5. The number of carbonyl (C=O) groups excluding carboxylic acids is 1. The Morgan fingerprint density at radius 2 is 2.55 bits per heavy atom. The van der Waals surface area contributed by atoms with E-state index in [1.54, 1.807) is 11.3 Å². The minimum atomic E-state index is -0.495. The molecule has 0 aliphatic rings. The molecular formula is C6H7BrN2OS. The molecular weight excluding hydrogens is 228 g/mol. The molecule has 1 aromatic heterocycles. The van der Waals surface area contributed by atoms with E-state index in [0.717, 1.165) is 9.35 Å². The van der Waals surface area contributed by atoms with Crippen LogP contribution in [0.1, 0.15) is 4.88 Å². The molecule has 0 radical (unpaired) electrons. The summed E-state index contributed by atoms with van der Waals surface area (Å²) < 4.78 is 1.01. The molecule has 0 saturated carbocycles. The van der Waals surface area contributed by atoms with E-state index in [-0.39, 0.29) is 0 Å². The Kier molecular flexibility index (Phi) is 2.90. The monoisotopic (exact) mass is 234 g/mol. The van der Waals surface area contributed by atoms with E-state index in [0.29, 0.717) is 6.54 Å².